The van der Waals surface area contributed by atoms with Gasteiger partial charge in [-0.05, 0) is 66.1 Å². The van der Waals surface area contributed by atoms with E-state index in [2.05, 4.69) is 37.4 Å². The Morgan fingerprint density at radius 1 is 1.08 bits per heavy atom. The lowest BCUT2D eigenvalue weighted by atomic mass is 10.00. The van der Waals surface area contributed by atoms with Gasteiger partial charge >= 0.3 is 0 Å². The standard InChI is InChI=1S/C30H36N2O4S/c1-21(2)23-9-11-25(12-10-23)36-20-27-26-14-18-37-28(26)13-15-32(27)29(33)19-31(16-17-35-4)30(34)24-7-5-22(3)6-8-24/h5-12,14,18,21,27H,13,15-17,19-20H2,1-4H3. The second kappa shape index (κ2) is 12.4. The van der Waals surface area contributed by atoms with Crippen molar-refractivity contribution in [3.8, 4) is 5.75 Å². The molecule has 6 nitrogen and oxygen atoms in total. The average Bonchev–Trinajstić information content (AvgIpc) is 3.39. The summed E-state index contributed by atoms with van der Waals surface area (Å²) in [5, 5.41) is 2.08. The van der Waals surface area contributed by atoms with E-state index in [0.29, 0.717) is 37.8 Å². The van der Waals surface area contributed by atoms with Crippen LogP contribution in [0, 0.1) is 6.92 Å². The Balaban J connectivity index is 1.50. The lowest BCUT2D eigenvalue weighted by molar-refractivity contribution is -0.135. The van der Waals surface area contributed by atoms with Crippen molar-refractivity contribution in [2.45, 2.75) is 39.2 Å². The summed E-state index contributed by atoms with van der Waals surface area (Å²) in [6, 6.07) is 17.5. The zero-order valence-corrected chi connectivity index (χ0v) is 22.9. The van der Waals surface area contributed by atoms with Crippen LogP contribution in [0.2, 0.25) is 0 Å². The number of benzene rings is 2. The molecule has 1 aliphatic rings. The molecule has 0 aliphatic carbocycles. The molecule has 0 fully saturated rings. The Labute approximate surface area is 223 Å². The molecule has 0 bridgehead atoms. The van der Waals surface area contributed by atoms with Crippen molar-refractivity contribution in [3.05, 3.63) is 87.1 Å². The Morgan fingerprint density at radius 3 is 2.49 bits per heavy atom. The number of thiophene rings is 1. The second-order valence-corrected chi connectivity index (χ2v) is 10.8. The maximum absolute atomic E-state index is 13.7. The molecule has 1 aromatic heterocycles. The molecule has 2 aromatic carbocycles. The minimum atomic E-state index is -0.203. The van der Waals surface area contributed by atoms with Crippen molar-refractivity contribution in [2.75, 3.05) is 40.0 Å². The third-order valence-electron chi connectivity index (χ3n) is 6.85. The number of carbonyl (C=O) groups is 2. The number of aryl methyl sites for hydroxylation is 1. The van der Waals surface area contributed by atoms with E-state index < -0.39 is 0 Å². The fraction of sp³-hybridized carbons (Fsp3) is 0.400. The third kappa shape index (κ3) is 6.59. The van der Waals surface area contributed by atoms with Gasteiger partial charge in [0.2, 0.25) is 5.91 Å². The van der Waals surface area contributed by atoms with Crippen LogP contribution in [0.15, 0.2) is 60.0 Å². The molecule has 3 aromatic rings. The molecule has 0 saturated carbocycles. The Kier molecular flexibility index (Phi) is 9.00. The number of rotatable bonds is 10. The average molecular weight is 521 g/mol. The minimum absolute atomic E-state index is 0.00484. The van der Waals surface area contributed by atoms with Gasteiger partial charge in [0.15, 0.2) is 0 Å². The van der Waals surface area contributed by atoms with Crippen molar-refractivity contribution in [3.63, 3.8) is 0 Å². The first-order valence-corrected chi connectivity index (χ1v) is 13.7. The molecule has 0 saturated heterocycles. The molecule has 2 heterocycles. The number of hydrogen-bond acceptors (Lipinski definition) is 5. The SMILES string of the molecule is COCCN(CC(=O)N1CCc2sccc2C1COc1ccc(C(C)C)cc1)C(=O)c1ccc(C)cc1. The third-order valence-corrected chi connectivity index (χ3v) is 7.84. The zero-order chi connectivity index (χ0) is 26.4. The summed E-state index contributed by atoms with van der Waals surface area (Å²) in [6.45, 7) is 7.97. The Bertz CT molecular complexity index is 1190. The summed E-state index contributed by atoms with van der Waals surface area (Å²) in [6.07, 6.45) is 0.808. The highest BCUT2D eigenvalue weighted by Crippen LogP contribution is 2.34. The maximum Gasteiger partial charge on any atom is 0.254 e. The van der Waals surface area contributed by atoms with Gasteiger partial charge in [0.1, 0.15) is 18.9 Å². The van der Waals surface area contributed by atoms with Crippen molar-refractivity contribution in [1.82, 2.24) is 9.80 Å². The number of ether oxygens (including phenoxy) is 2. The van der Waals surface area contributed by atoms with Crippen LogP contribution < -0.4 is 4.74 Å². The summed E-state index contributed by atoms with van der Waals surface area (Å²) in [5.41, 5.74) is 4.05. The summed E-state index contributed by atoms with van der Waals surface area (Å²) in [5.74, 6) is 0.988. The number of fused-ring (bicyclic) bond motifs is 1. The number of nitrogens with zero attached hydrogens (tertiary/aromatic N) is 2. The van der Waals surface area contributed by atoms with Crippen LogP contribution in [0.25, 0.3) is 0 Å². The van der Waals surface area contributed by atoms with E-state index in [4.69, 9.17) is 9.47 Å². The van der Waals surface area contributed by atoms with Gasteiger partial charge in [-0.3, -0.25) is 9.59 Å². The van der Waals surface area contributed by atoms with Gasteiger partial charge in [-0.2, -0.15) is 0 Å². The van der Waals surface area contributed by atoms with Crippen LogP contribution in [0.5, 0.6) is 5.75 Å². The highest BCUT2D eigenvalue weighted by Gasteiger charge is 2.33. The lowest BCUT2D eigenvalue weighted by Gasteiger charge is -2.37. The van der Waals surface area contributed by atoms with E-state index in [1.165, 1.54) is 10.4 Å². The van der Waals surface area contributed by atoms with Crippen LogP contribution in [0.4, 0.5) is 0 Å². The first-order chi connectivity index (χ1) is 17.9. The molecule has 0 N–H and O–H groups in total. The van der Waals surface area contributed by atoms with E-state index in [9.17, 15) is 9.59 Å². The monoisotopic (exact) mass is 520 g/mol. The molecule has 2 amide bonds. The van der Waals surface area contributed by atoms with Crippen molar-refractivity contribution < 1.29 is 19.1 Å². The van der Waals surface area contributed by atoms with E-state index in [0.717, 1.165) is 23.3 Å². The largest absolute Gasteiger partial charge is 0.491 e. The van der Waals surface area contributed by atoms with Crippen LogP contribution in [-0.2, 0) is 16.0 Å². The van der Waals surface area contributed by atoms with Crippen molar-refractivity contribution >= 4 is 23.2 Å². The molecular formula is C30H36N2O4S. The molecule has 7 heteroatoms. The quantitative estimate of drug-likeness (QED) is 0.356. The van der Waals surface area contributed by atoms with E-state index >= 15 is 0 Å². The van der Waals surface area contributed by atoms with E-state index in [1.54, 1.807) is 23.3 Å². The first kappa shape index (κ1) is 26.9. The van der Waals surface area contributed by atoms with Gasteiger partial charge < -0.3 is 19.3 Å². The first-order valence-electron chi connectivity index (χ1n) is 12.8. The van der Waals surface area contributed by atoms with Crippen LogP contribution in [0.3, 0.4) is 0 Å². The lowest BCUT2D eigenvalue weighted by Crippen LogP contribution is -2.48. The smallest absolute Gasteiger partial charge is 0.254 e. The number of hydrogen-bond donors (Lipinski definition) is 0. The molecule has 0 spiro atoms. The predicted molar refractivity (Wildman–Crippen MR) is 147 cm³/mol. The van der Waals surface area contributed by atoms with Gasteiger partial charge in [-0.15, -0.1) is 11.3 Å². The van der Waals surface area contributed by atoms with Crippen LogP contribution >= 0.6 is 11.3 Å². The molecular weight excluding hydrogens is 484 g/mol. The van der Waals surface area contributed by atoms with Crippen LogP contribution in [-0.4, -0.2) is 61.6 Å². The molecule has 37 heavy (non-hydrogen) atoms. The maximum atomic E-state index is 13.7. The normalized spacial score (nSPS) is 14.9. The van der Waals surface area contributed by atoms with E-state index in [1.807, 2.05) is 48.2 Å². The van der Waals surface area contributed by atoms with Gasteiger partial charge in [0, 0.05) is 30.6 Å². The number of carbonyl (C=O) groups excluding carboxylic acids is 2. The topological polar surface area (TPSA) is 59.1 Å². The summed E-state index contributed by atoms with van der Waals surface area (Å²) < 4.78 is 11.4. The summed E-state index contributed by atoms with van der Waals surface area (Å²) >= 11 is 1.72. The summed E-state index contributed by atoms with van der Waals surface area (Å²) in [4.78, 5) is 31.7. The Morgan fingerprint density at radius 2 is 1.81 bits per heavy atom. The molecule has 4 rings (SSSR count). The fourth-order valence-electron chi connectivity index (χ4n) is 4.59. The highest BCUT2D eigenvalue weighted by molar-refractivity contribution is 7.10. The number of amides is 2. The predicted octanol–water partition coefficient (Wildman–Crippen LogP) is 5.47. The molecule has 1 aliphatic heterocycles. The molecule has 196 valence electrons. The fourth-order valence-corrected chi connectivity index (χ4v) is 5.51. The van der Waals surface area contributed by atoms with Gasteiger partial charge in [-0.1, -0.05) is 43.7 Å². The van der Waals surface area contributed by atoms with E-state index in [-0.39, 0.29) is 24.4 Å². The Hall–Kier alpha value is -3.16. The zero-order valence-electron chi connectivity index (χ0n) is 22.1. The van der Waals surface area contributed by atoms with Crippen LogP contribution in [0.1, 0.15) is 57.7 Å². The minimum Gasteiger partial charge on any atom is -0.491 e. The van der Waals surface area contributed by atoms with Gasteiger partial charge in [0.05, 0.1) is 12.6 Å². The number of methoxy groups -OCH3 is 1. The van der Waals surface area contributed by atoms with Gasteiger partial charge in [-0.25, -0.2) is 0 Å². The molecule has 1 atom stereocenters. The van der Waals surface area contributed by atoms with Crippen molar-refractivity contribution in [1.29, 1.82) is 0 Å². The second-order valence-electron chi connectivity index (χ2n) is 9.77. The highest BCUT2D eigenvalue weighted by atomic mass is 32.1. The van der Waals surface area contributed by atoms with Crippen molar-refractivity contribution in [2.24, 2.45) is 0 Å². The molecule has 1 unspecified atom stereocenters. The summed E-state index contributed by atoms with van der Waals surface area (Å²) in [7, 11) is 1.60. The molecule has 0 radical (unpaired) electrons. The van der Waals surface area contributed by atoms with Gasteiger partial charge in [0.25, 0.3) is 5.91 Å².